The Morgan fingerprint density at radius 2 is 1.94 bits per heavy atom. The largest absolute Gasteiger partial charge is 0.339 e. The van der Waals surface area contributed by atoms with E-state index in [9.17, 15) is 9.18 Å². The summed E-state index contributed by atoms with van der Waals surface area (Å²) in [6.45, 7) is 3.67. The molecule has 0 atom stereocenters. The lowest BCUT2D eigenvalue weighted by atomic mass is 9.98. The number of carbonyl (C=O) groups excluding carboxylic acids is 1. The van der Waals surface area contributed by atoms with Gasteiger partial charge in [0.2, 0.25) is 0 Å². The molecule has 2 rings (SSSR count). The van der Waals surface area contributed by atoms with E-state index in [0.29, 0.717) is 5.92 Å². The lowest BCUT2D eigenvalue weighted by molar-refractivity contribution is 0.0692. The van der Waals surface area contributed by atoms with E-state index < -0.39 is 5.82 Å². The molecule has 0 bridgehead atoms. The van der Waals surface area contributed by atoms with Gasteiger partial charge in [-0.25, -0.2) is 4.39 Å². The van der Waals surface area contributed by atoms with Gasteiger partial charge in [0.15, 0.2) is 0 Å². The van der Waals surface area contributed by atoms with Gasteiger partial charge in [-0.3, -0.25) is 4.79 Å². The Hall–Kier alpha value is -1.38. The van der Waals surface area contributed by atoms with Gasteiger partial charge < -0.3 is 4.90 Å². The normalized spacial score (nSPS) is 17.5. The van der Waals surface area contributed by atoms with Gasteiger partial charge in [-0.15, -0.1) is 0 Å². The maximum atomic E-state index is 13.4. The van der Waals surface area contributed by atoms with Crippen molar-refractivity contribution >= 4 is 5.91 Å². The van der Waals surface area contributed by atoms with Crippen molar-refractivity contribution in [2.24, 2.45) is 5.92 Å². The zero-order valence-electron chi connectivity index (χ0n) is 9.45. The SMILES string of the molecule is CC1CCN(C(=O)c2ccccc2F)CC1. The summed E-state index contributed by atoms with van der Waals surface area (Å²) in [6, 6.07) is 6.18. The number of piperidine rings is 1. The lowest BCUT2D eigenvalue weighted by Crippen LogP contribution is -2.38. The molecule has 2 nitrogen and oxygen atoms in total. The summed E-state index contributed by atoms with van der Waals surface area (Å²) < 4.78 is 13.4. The Balaban J connectivity index is 2.11. The maximum absolute atomic E-state index is 13.4. The number of hydrogen-bond acceptors (Lipinski definition) is 1. The van der Waals surface area contributed by atoms with Gasteiger partial charge in [0.05, 0.1) is 5.56 Å². The van der Waals surface area contributed by atoms with Crippen molar-refractivity contribution in [3.05, 3.63) is 35.6 Å². The first kappa shape index (κ1) is 11.1. The number of likely N-dealkylation sites (tertiary alicyclic amines) is 1. The summed E-state index contributed by atoms with van der Waals surface area (Å²) in [5, 5.41) is 0. The number of nitrogens with zero attached hydrogens (tertiary/aromatic N) is 1. The van der Waals surface area contributed by atoms with Crippen LogP contribution < -0.4 is 0 Å². The van der Waals surface area contributed by atoms with Gasteiger partial charge in [0.25, 0.3) is 5.91 Å². The molecule has 1 fully saturated rings. The molecule has 1 aromatic rings. The minimum atomic E-state index is -0.425. The molecule has 1 aliphatic rings. The lowest BCUT2D eigenvalue weighted by Gasteiger charge is -2.30. The van der Waals surface area contributed by atoms with E-state index in [-0.39, 0.29) is 11.5 Å². The highest BCUT2D eigenvalue weighted by Gasteiger charge is 2.22. The number of amides is 1. The Labute approximate surface area is 95.1 Å². The Morgan fingerprint density at radius 3 is 2.56 bits per heavy atom. The third-order valence-corrected chi connectivity index (χ3v) is 3.18. The predicted molar refractivity (Wildman–Crippen MR) is 60.7 cm³/mol. The Bertz CT molecular complexity index is 383. The van der Waals surface area contributed by atoms with Crippen molar-refractivity contribution in [3.8, 4) is 0 Å². The molecule has 0 saturated carbocycles. The molecule has 1 aromatic carbocycles. The highest BCUT2D eigenvalue weighted by Crippen LogP contribution is 2.19. The van der Waals surface area contributed by atoms with Gasteiger partial charge in [-0.05, 0) is 30.9 Å². The second-order valence-corrected chi connectivity index (χ2v) is 4.45. The van der Waals surface area contributed by atoms with Gasteiger partial charge >= 0.3 is 0 Å². The van der Waals surface area contributed by atoms with Gasteiger partial charge in [0, 0.05) is 13.1 Å². The minimum Gasteiger partial charge on any atom is -0.339 e. The minimum absolute atomic E-state index is 0.176. The van der Waals surface area contributed by atoms with Crippen LogP contribution in [-0.2, 0) is 0 Å². The summed E-state index contributed by atoms with van der Waals surface area (Å²) in [7, 11) is 0. The third kappa shape index (κ3) is 2.23. The topological polar surface area (TPSA) is 20.3 Å². The average molecular weight is 221 g/mol. The zero-order valence-corrected chi connectivity index (χ0v) is 9.45. The van der Waals surface area contributed by atoms with E-state index in [1.165, 1.54) is 6.07 Å². The Morgan fingerprint density at radius 1 is 1.31 bits per heavy atom. The molecule has 0 spiro atoms. The first-order chi connectivity index (χ1) is 7.68. The molecule has 1 amide bonds. The van der Waals surface area contributed by atoms with Gasteiger partial charge in [-0.1, -0.05) is 19.1 Å². The van der Waals surface area contributed by atoms with Crippen LogP contribution in [0.25, 0.3) is 0 Å². The van der Waals surface area contributed by atoms with Crippen LogP contribution in [0.5, 0.6) is 0 Å². The number of rotatable bonds is 1. The molecule has 0 aliphatic carbocycles. The molecule has 0 aromatic heterocycles. The van der Waals surface area contributed by atoms with Crippen LogP contribution >= 0.6 is 0 Å². The molecule has 86 valence electrons. The van der Waals surface area contributed by atoms with Crippen LogP contribution in [0.1, 0.15) is 30.1 Å². The first-order valence-corrected chi connectivity index (χ1v) is 5.72. The fourth-order valence-electron chi connectivity index (χ4n) is 2.02. The predicted octanol–water partition coefficient (Wildman–Crippen LogP) is 2.70. The van der Waals surface area contributed by atoms with E-state index in [0.717, 1.165) is 25.9 Å². The van der Waals surface area contributed by atoms with Crippen LogP contribution in [0, 0.1) is 11.7 Å². The van der Waals surface area contributed by atoms with Crippen molar-refractivity contribution in [2.75, 3.05) is 13.1 Å². The second-order valence-electron chi connectivity index (χ2n) is 4.45. The smallest absolute Gasteiger partial charge is 0.256 e. The summed E-state index contributed by atoms with van der Waals surface area (Å²) >= 11 is 0. The van der Waals surface area contributed by atoms with Gasteiger partial charge in [-0.2, -0.15) is 0 Å². The molecule has 16 heavy (non-hydrogen) atoms. The van der Waals surface area contributed by atoms with E-state index in [1.54, 1.807) is 23.1 Å². The highest BCUT2D eigenvalue weighted by atomic mass is 19.1. The molecule has 0 radical (unpaired) electrons. The Kier molecular flexibility index (Phi) is 3.22. The van der Waals surface area contributed by atoms with E-state index in [4.69, 9.17) is 0 Å². The molecule has 1 heterocycles. The summed E-state index contributed by atoms with van der Waals surface area (Å²) in [4.78, 5) is 13.8. The molecule has 1 saturated heterocycles. The van der Waals surface area contributed by atoms with Crippen LogP contribution in [-0.4, -0.2) is 23.9 Å². The fraction of sp³-hybridized carbons (Fsp3) is 0.462. The van der Waals surface area contributed by atoms with Gasteiger partial charge in [0.1, 0.15) is 5.82 Å². The van der Waals surface area contributed by atoms with E-state index in [1.807, 2.05) is 0 Å². The van der Waals surface area contributed by atoms with E-state index in [2.05, 4.69) is 6.92 Å². The number of carbonyl (C=O) groups is 1. The molecular formula is C13H16FNO. The summed E-state index contributed by atoms with van der Waals surface area (Å²) in [5.41, 5.74) is 0.192. The number of benzene rings is 1. The molecule has 0 unspecified atom stereocenters. The third-order valence-electron chi connectivity index (χ3n) is 3.18. The average Bonchev–Trinajstić information content (AvgIpc) is 2.30. The van der Waals surface area contributed by atoms with Crippen molar-refractivity contribution in [1.29, 1.82) is 0 Å². The van der Waals surface area contributed by atoms with E-state index >= 15 is 0 Å². The molecule has 0 N–H and O–H groups in total. The summed E-state index contributed by atoms with van der Waals surface area (Å²) in [5.74, 6) is 0.0702. The molecule has 3 heteroatoms. The zero-order chi connectivity index (χ0) is 11.5. The second kappa shape index (κ2) is 4.64. The van der Waals surface area contributed by atoms with Crippen molar-refractivity contribution in [1.82, 2.24) is 4.90 Å². The quantitative estimate of drug-likeness (QED) is 0.714. The van der Waals surface area contributed by atoms with Crippen LogP contribution in [0.4, 0.5) is 4.39 Å². The number of hydrogen-bond donors (Lipinski definition) is 0. The van der Waals surface area contributed by atoms with Crippen LogP contribution in [0.3, 0.4) is 0 Å². The van der Waals surface area contributed by atoms with Crippen LogP contribution in [0.2, 0.25) is 0 Å². The van der Waals surface area contributed by atoms with Crippen molar-refractivity contribution in [2.45, 2.75) is 19.8 Å². The monoisotopic (exact) mass is 221 g/mol. The summed E-state index contributed by atoms with van der Waals surface area (Å²) in [6.07, 6.45) is 2.03. The standard InChI is InChI=1S/C13H16FNO/c1-10-6-8-15(9-7-10)13(16)11-4-2-3-5-12(11)14/h2-5,10H,6-9H2,1H3. The molecule has 1 aliphatic heterocycles. The maximum Gasteiger partial charge on any atom is 0.256 e. The van der Waals surface area contributed by atoms with Crippen LogP contribution in [0.15, 0.2) is 24.3 Å². The first-order valence-electron chi connectivity index (χ1n) is 5.72. The fourth-order valence-corrected chi connectivity index (χ4v) is 2.02. The highest BCUT2D eigenvalue weighted by molar-refractivity contribution is 5.94. The molecular weight excluding hydrogens is 205 g/mol. The van der Waals surface area contributed by atoms with Crippen molar-refractivity contribution in [3.63, 3.8) is 0 Å². The van der Waals surface area contributed by atoms with Crippen molar-refractivity contribution < 1.29 is 9.18 Å². The number of halogens is 1.